The molecule has 5 heterocycles. The number of piperazine rings is 1. The first-order chi connectivity index (χ1) is 19.0. The van der Waals surface area contributed by atoms with Crippen molar-refractivity contribution in [1.82, 2.24) is 29.1 Å². The van der Waals surface area contributed by atoms with Crippen LogP contribution in [-0.2, 0) is 11.3 Å². The Morgan fingerprint density at radius 1 is 0.974 bits per heavy atom. The molecule has 1 amide bonds. The molecule has 4 fully saturated rings. The molecule has 206 valence electrons. The van der Waals surface area contributed by atoms with Crippen molar-refractivity contribution in [3.05, 3.63) is 47.1 Å². The molecule has 1 aromatic carbocycles. The Kier molecular flexibility index (Phi) is 6.19. The molecule has 0 bridgehead atoms. The molecule has 3 aliphatic heterocycles. The number of hydrogen-bond donors (Lipinski definition) is 1. The van der Waals surface area contributed by atoms with E-state index in [0.717, 1.165) is 38.2 Å². The minimum Gasteiger partial charge on any atom is -0.388 e. The quantitative estimate of drug-likeness (QED) is 0.538. The van der Waals surface area contributed by atoms with Gasteiger partial charge in [-0.25, -0.2) is 9.67 Å². The lowest BCUT2D eigenvalue weighted by Crippen LogP contribution is -2.54. The van der Waals surface area contributed by atoms with Crippen LogP contribution in [0.5, 0.6) is 0 Å². The molecule has 1 N–H and O–H groups in total. The third-order valence-electron chi connectivity index (χ3n) is 9.25. The number of aromatic nitrogens is 4. The average Bonchev–Trinajstić information content (AvgIpc) is 3.73. The summed E-state index contributed by atoms with van der Waals surface area (Å²) in [6, 6.07) is 9.02. The molecule has 3 aromatic rings. The largest absolute Gasteiger partial charge is 0.388 e. The lowest BCUT2D eigenvalue weighted by molar-refractivity contribution is -0.137. The standard InChI is InChI=1S/C29H37N7O3/c37-27(21-4-5-21)33-13-10-29(39,11-14-33)19-35-20-30-26-25(28(35)38)17-31-36(26)23-8-6-22(7-9-23)34-16-15-32-12-2-1-3-24(32)18-34/h6-9,17,20-21,24,39H,1-5,10-16,18-19H2/t24-/m1/s1. The Morgan fingerprint density at radius 3 is 2.51 bits per heavy atom. The Labute approximate surface area is 227 Å². The number of likely N-dealkylation sites (tertiary alicyclic amines) is 1. The van der Waals surface area contributed by atoms with Gasteiger partial charge in [0.25, 0.3) is 5.56 Å². The molecule has 0 unspecified atom stereocenters. The van der Waals surface area contributed by atoms with Crippen LogP contribution in [0, 0.1) is 5.92 Å². The van der Waals surface area contributed by atoms with Crippen molar-refractivity contribution in [2.45, 2.75) is 63.1 Å². The van der Waals surface area contributed by atoms with E-state index in [9.17, 15) is 14.7 Å². The van der Waals surface area contributed by atoms with Crippen molar-refractivity contribution >= 4 is 22.6 Å². The topological polar surface area (TPSA) is 99.7 Å². The fraction of sp³-hybridized carbons (Fsp3) is 0.586. The maximum Gasteiger partial charge on any atom is 0.264 e. The summed E-state index contributed by atoms with van der Waals surface area (Å²) in [7, 11) is 0. The SMILES string of the molecule is O=C(C1CC1)N1CCC(O)(Cn2cnc3c(cnn3-c3ccc(N4CCN5CCCC[C@@H]5C4)cc3)c2=O)CC1. The number of benzene rings is 1. The predicted molar refractivity (Wildman–Crippen MR) is 148 cm³/mol. The highest BCUT2D eigenvalue weighted by molar-refractivity contribution is 5.81. The van der Waals surface area contributed by atoms with Crippen LogP contribution in [0.4, 0.5) is 5.69 Å². The van der Waals surface area contributed by atoms with Crippen LogP contribution in [-0.4, -0.2) is 91.1 Å². The Morgan fingerprint density at radius 2 is 1.74 bits per heavy atom. The zero-order valence-electron chi connectivity index (χ0n) is 22.4. The van der Waals surface area contributed by atoms with E-state index in [1.807, 2.05) is 17.0 Å². The summed E-state index contributed by atoms with van der Waals surface area (Å²) in [5.74, 6) is 0.398. The van der Waals surface area contributed by atoms with Crippen molar-refractivity contribution in [2.24, 2.45) is 5.92 Å². The molecule has 4 aliphatic rings. The van der Waals surface area contributed by atoms with Crippen molar-refractivity contribution < 1.29 is 9.90 Å². The monoisotopic (exact) mass is 531 g/mol. The summed E-state index contributed by atoms with van der Waals surface area (Å²) >= 11 is 0. The van der Waals surface area contributed by atoms with Gasteiger partial charge in [0.2, 0.25) is 5.91 Å². The fourth-order valence-corrected chi connectivity index (χ4v) is 6.65. The molecule has 7 rings (SSSR count). The average molecular weight is 532 g/mol. The van der Waals surface area contributed by atoms with Crippen molar-refractivity contribution in [3.8, 4) is 5.69 Å². The first kappa shape index (κ1) is 24.8. The van der Waals surface area contributed by atoms with Crippen molar-refractivity contribution in [1.29, 1.82) is 0 Å². The van der Waals surface area contributed by atoms with Crippen LogP contribution in [0.2, 0.25) is 0 Å². The first-order valence-electron chi connectivity index (χ1n) is 14.5. The number of carbonyl (C=O) groups is 1. The third kappa shape index (κ3) is 4.74. The minimum absolute atomic E-state index is 0.161. The first-order valence-corrected chi connectivity index (χ1v) is 14.5. The Bertz CT molecular complexity index is 1420. The lowest BCUT2D eigenvalue weighted by atomic mass is 9.91. The van der Waals surface area contributed by atoms with E-state index in [2.05, 4.69) is 32.0 Å². The number of carbonyl (C=O) groups excluding carboxylic acids is 1. The van der Waals surface area contributed by atoms with Crippen LogP contribution in [0.1, 0.15) is 44.9 Å². The van der Waals surface area contributed by atoms with Gasteiger partial charge in [0, 0.05) is 50.4 Å². The van der Waals surface area contributed by atoms with Gasteiger partial charge in [-0.1, -0.05) is 6.42 Å². The number of hydrogen-bond acceptors (Lipinski definition) is 7. The number of fused-ring (bicyclic) bond motifs is 2. The molecule has 10 heteroatoms. The maximum absolute atomic E-state index is 13.3. The van der Waals surface area contributed by atoms with Gasteiger partial charge in [-0.3, -0.25) is 19.1 Å². The van der Waals surface area contributed by atoms with E-state index < -0.39 is 5.60 Å². The smallest absolute Gasteiger partial charge is 0.264 e. The predicted octanol–water partition coefficient (Wildman–Crippen LogP) is 2.02. The molecule has 2 aromatic heterocycles. The summed E-state index contributed by atoms with van der Waals surface area (Å²) in [4.78, 5) is 37.2. The minimum atomic E-state index is -1.03. The second-order valence-electron chi connectivity index (χ2n) is 11.9. The molecule has 1 aliphatic carbocycles. The summed E-state index contributed by atoms with van der Waals surface area (Å²) in [5, 5.41) is 16.1. The Balaban J connectivity index is 1.05. The zero-order valence-corrected chi connectivity index (χ0v) is 22.4. The number of amides is 1. The van der Waals surface area contributed by atoms with Crippen LogP contribution in [0.25, 0.3) is 16.7 Å². The van der Waals surface area contributed by atoms with E-state index >= 15 is 0 Å². The van der Waals surface area contributed by atoms with E-state index in [0.29, 0.717) is 43.0 Å². The normalized spacial score (nSPS) is 23.7. The van der Waals surface area contributed by atoms with Gasteiger partial charge < -0.3 is 14.9 Å². The molecule has 0 radical (unpaired) electrons. The summed E-state index contributed by atoms with van der Waals surface area (Å²) in [6.45, 7) is 5.70. The number of piperidine rings is 2. The second kappa shape index (κ2) is 9.75. The molecule has 1 saturated carbocycles. The van der Waals surface area contributed by atoms with Gasteiger partial charge in [0.15, 0.2) is 5.65 Å². The molecule has 39 heavy (non-hydrogen) atoms. The van der Waals surface area contributed by atoms with Crippen LogP contribution in [0.15, 0.2) is 41.6 Å². The molecular formula is C29H37N7O3. The molecule has 0 spiro atoms. The fourth-order valence-electron chi connectivity index (χ4n) is 6.65. The Hall–Kier alpha value is -3.24. The number of rotatable bonds is 5. The van der Waals surface area contributed by atoms with Gasteiger partial charge in [0.1, 0.15) is 11.7 Å². The maximum atomic E-state index is 13.3. The van der Waals surface area contributed by atoms with Gasteiger partial charge in [-0.2, -0.15) is 5.10 Å². The van der Waals surface area contributed by atoms with Crippen molar-refractivity contribution in [3.63, 3.8) is 0 Å². The second-order valence-corrected chi connectivity index (χ2v) is 11.9. The van der Waals surface area contributed by atoms with E-state index in [1.165, 1.54) is 42.4 Å². The molecular weight excluding hydrogens is 494 g/mol. The molecule has 1 atom stereocenters. The lowest BCUT2D eigenvalue weighted by Gasteiger charge is -2.45. The molecule has 3 saturated heterocycles. The number of aliphatic hydroxyl groups is 1. The van der Waals surface area contributed by atoms with Gasteiger partial charge in [-0.15, -0.1) is 0 Å². The van der Waals surface area contributed by atoms with Crippen LogP contribution < -0.4 is 10.5 Å². The highest BCUT2D eigenvalue weighted by Crippen LogP contribution is 2.33. The third-order valence-corrected chi connectivity index (χ3v) is 9.25. The summed E-state index contributed by atoms with van der Waals surface area (Å²) < 4.78 is 3.20. The summed E-state index contributed by atoms with van der Waals surface area (Å²) in [6.07, 6.45) is 9.89. The molecule has 10 nitrogen and oxygen atoms in total. The summed E-state index contributed by atoms with van der Waals surface area (Å²) in [5.41, 5.74) is 1.35. The van der Waals surface area contributed by atoms with E-state index in [-0.39, 0.29) is 23.9 Å². The number of anilines is 1. The highest BCUT2D eigenvalue weighted by Gasteiger charge is 2.39. The highest BCUT2D eigenvalue weighted by atomic mass is 16.3. The number of nitrogens with zero attached hydrogens (tertiary/aromatic N) is 7. The van der Waals surface area contributed by atoms with E-state index in [4.69, 9.17) is 0 Å². The van der Waals surface area contributed by atoms with Gasteiger partial charge in [-0.05, 0) is 69.3 Å². The van der Waals surface area contributed by atoms with Gasteiger partial charge in [0.05, 0.1) is 24.0 Å². The van der Waals surface area contributed by atoms with Crippen LogP contribution >= 0.6 is 0 Å². The van der Waals surface area contributed by atoms with E-state index in [1.54, 1.807) is 10.9 Å². The van der Waals surface area contributed by atoms with Crippen molar-refractivity contribution in [2.75, 3.05) is 44.2 Å². The van der Waals surface area contributed by atoms with Crippen LogP contribution in [0.3, 0.4) is 0 Å². The zero-order chi connectivity index (χ0) is 26.6. The van der Waals surface area contributed by atoms with Gasteiger partial charge >= 0.3 is 0 Å².